The Balaban J connectivity index is 1.62. The van der Waals surface area contributed by atoms with Gasteiger partial charge in [-0.1, -0.05) is 11.6 Å². The molecule has 27 heavy (non-hydrogen) atoms. The summed E-state index contributed by atoms with van der Waals surface area (Å²) in [4.78, 5) is 14.0. The van der Waals surface area contributed by atoms with Gasteiger partial charge in [0.15, 0.2) is 0 Å². The molecule has 136 valence electrons. The number of furan rings is 1. The van der Waals surface area contributed by atoms with Crippen LogP contribution in [0.4, 0.5) is 5.00 Å². The lowest BCUT2D eigenvalue weighted by Gasteiger charge is -2.09. The number of carbonyl (C=O) groups is 1. The van der Waals surface area contributed by atoms with Crippen molar-refractivity contribution in [3.05, 3.63) is 62.7 Å². The smallest absolute Gasteiger partial charge is 0.259 e. The van der Waals surface area contributed by atoms with Gasteiger partial charge in [0, 0.05) is 15.5 Å². The molecule has 0 bridgehead atoms. The zero-order valence-corrected chi connectivity index (χ0v) is 16.3. The van der Waals surface area contributed by atoms with E-state index in [0.29, 0.717) is 32.7 Å². The summed E-state index contributed by atoms with van der Waals surface area (Å²) in [5.41, 5.74) is 3.04. The molecule has 6 heteroatoms. The fourth-order valence-electron chi connectivity index (χ4n) is 3.41. The van der Waals surface area contributed by atoms with Gasteiger partial charge in [-0.3, -0.25) is 4.79 Å². The highest BCUT2D eigenvalue weighted by Gasteiger charge is 2.23. The molecule has 1 aliphatic rings. The lowest BCUT2D eigenvalue weighted by atomic mass is 9.96. The van der Waals surface area contributed by atoms with E-state index in [0.717, 1.165) is 36.8 Å². The number of halogens is 1. The van der Waals surface area contributed by atoms with E-state index in [-0.39, 0.29) is 5.91 Å². The lowest BCUT2D eigenvalue weighted by Crippen LogP contribution is -2.12. The van der Waals surface area contributed by atoms with E-state index in [1.165, 1.54) is 16.2 Å². The second kappa shape index (κ2) is 7.22. The molecule has 0 atom stereocenters. The van der Waals surface area contributed by atoms with Crippen molar-refractivity contribution in [2.24, 2.45) is 0 Å². The molecule has 0 fully saturated rings. The van der Waals surface area contributed by atoms with Crippen molar-refractivity contribution >= 4 is 33.8 Å². The summed E-state index contributed by atoms with van der Waals surface area (Å²) >= 11 is 7.45. The summed E-state index contributed by atoms with van der Waals surface area (Å²) < 4.78 is 5.77. The first kappa shape index (κ1) is 17.8. The van der Waals surface area contributed by atoms with Crippen LogP contribution in [0.25, 0.3) is 11.3 Å². The van der Waals surface area contributed by atoms with Crippen LogP contribution in [-0.2, 0) is 12.8 Å². The molecule has 4 nitrogen and oxygen atoms in total. The number of carbonyl (C=O) groups excluding carboxylic acids is 1. The summed E-state index contributed by atoms with van der Waals surface area (Å²) in [6.45, 7) is 1.76. The number of nitrogens with zero attached hydrogens (tertiary/aromatic N) is 1. The zero-order chi connectivity index (χ0) is 19.0. The van der Waals surface area contributed by atoms with Gasteiger partial charge < -0.3 is 9.73 Å². The molecule has 0 saturated carbocycles. The van der Waals surface area contributed by atoms with Crippen molar-refractivity contribution in [2.75, 3.05) is 5.32 Å². The minimum Gasteiger partial charge on any atom is -0.461 e. The van der Waals surface area contributed by atoms with Crippen molar-refractivity contribution in [3.63, 3.8) is 0 Å². The molecular weight excluding hydrogens is 380 g/mol. The van der Waals surface area contributed by atoms with Crippen LogP contribution < -0.4 is 5.32 Å². The quantitative estimate of drug-likeness (QED) is 0.592. The van der Waals surface area contributed by atoms with Crippen molar-refractivity contribution in [2.45, 2.75) is 32.6 Å². The summed E-state index contributed by atoms with van der Waals surface area (Å²) in [6.07, 6.45) is 4.13. The molecule has 1 amide bonds. The van der Waals surface area contributed by atoms with Crippen LogP contribution in [0.2, 0.25) is 5.02 Å². The minimum absolute atomic E-state index is 0.258. The van der Waals surface area contributed by atoms with E-state index in [1.807, 2.05) is 12.1 Å². The van der Waals surface area contributed by atoms with Crippen LogP contribution in [0.5, 0.6) is 0 Å². The van der Waals surface area contributed by atoms with Crippen molar-refractivity contribution in [1.29, 1.82) is 5.26 Å². The minimum atomic E-state index is -0.258. The molecule has 0 spiro atoms. The SMILES string of the molecule is Cc1oc(-c2ccc(Cl)cc2)cc1C(=O)Nc1sc2c(c1C#N)CCCC2. The van der Waals surface area contributed by atoms with E-state index in [2.05, 4.69) is 11.4 Å². The lowest BCUT2D eigenvalue weighted by molar-refractivity contribution is 0.102. The Bertz CT molecular complexity index is 1060. The molecule has 2 heterocycles. The van der Waals surface area contributed by atoms with E-state index in [1.54, 1.807) is 25.1 Å². The van der Waals surface area contributed by atoms with Crippen LogP contribution in [-0.4, -0.2) is 5.91 Å². The first-order valence-corrected chi connectivity index (χ1v) is 9.98. The predicted octanol–water partition coefficient (Wildman–Crippen LogP) is 5.97. The standard InChI is InChI=1S/C21H17ClN2O2S/c1-12-16(10-18(26-12)13-6-8-14(22)9-7-13)20(25)24-21-17(11-23)15-4-2-3-5-19(15)27-21/h6-10H,2-5H2,1H3,(H,24,25). The van der Waals surface area contributed by atoms with Crippen molar-refractivity contribution < 1.29 is 9.21 Å². The van der Waals surface area contributed by atoms with E-state index in [4.69, 9.17) is 16.0 Å². The molecular formula is C21H17ClN2O2S. The van der Waals surface area contributed by atoms with Crippen molar-refractivity contribution in [1.82, 2.24) is 0 Å². The van der Waals surface area contributed by atoms with E-state index >= 15 is 0 Å². The van der Waals surface area contributed by atoms with Crippen LogP contribution >= 0.6 is 22.9 Å². The third kappa shape index (κ3) is 3.39. The van der Waals surface area contributed by atoms with Crippen LogP contribution in [0.15, 0.2) is 34.7 Å². The van der Waals surface area contributed by atoms with Gasteiger partial charge in [0.25, 0.3) is 5.91 Å². The Kier molecular flexibility index (Phi) is 4.77. The number of nitriles is 1. The number of nitrogens with one attached hydrogen (secondary N) is 1. The van der Waals surface area contributed by atoms with Gasteiger partial charge in [0.05, 0.1) is 11.1 Å². The van der Waals surface area contributed by atoms with Gasteiger partial charge in [-0.15, -0.1) is 11.3 Å². The first-order chi connectivity index (χ1) is 13.1. The summed E-state index contributed by atoms with van der Waals surface area (Å²) in [6, 6.07) is 11.3. The Morgan fingerprint density at radius 1 is 1.26 bits per heavy atom. The Hall–Kier alpha value is -2.55. The van der Waals surface area contributed by atoms with Gasteiger partial charge in [0.1, 0.15) is 22.6 Å². The van der Waals surface area contributed by atoms with Crippen LogP contribution in [0.3, 0.4) is 0 Å². The fraction of sp³-hybridized carbons (Fsp3) is 0.238. The third-order valence-electron chi connectivity index (χ3n) is 4.80. The summed E-state index contributed by atoms with van der Waals surface area (Å²) in [5.74, 6) is 0.893. The topological polar surface area (TPSA) is 66.0 Å². The maximum atomic E-state index is 12.8. The summed E-state index contributed by atoms with van der Waals surface area (Å²) in [5, 5.41) is 13.8. The highest BCUT2D eigenvalue weighted by molar-refractivity contribution is 7.16. The second-order valence-electron chi connectivity index (χ2n) is 6.57. The maximum Gasteiger partial charge on any atom is 0.259 e. The van der Waals surface area contributed by atoms with Gasteiger partial charge >= 0.3 is 0 Å². The van der Waals surface area contributed by atoms with E-state index in [9.17, 15) is 10.1 Å². The number of benzene rings is 1. The number of anilines is 1. The number of fused-ring (bicyclic) bond motifs is 1. The number of amides is 1. The molecule has 4 rings (SSSR count). The monoisotopic (exact) mass is 396 g/mol. The highest BCUT2D eigenvalue weighted by atomic mass is 35.5. The molecule has 0 unspecified atom stereocenters. The molecule has 1 aliphatic carbocycles. The predicted molar refractivity (Wildman–Crippen MR) is 108 cm³/mol. The largest absolute Gasteiger partial charge is 0.461 e. The van der Waals surface area contributed by atoms with Crippen LogP contribution in [0.1, 0.15) is 45.0 Å². The number of aryl methyl sites for hydroxylation is 2. The van der Waals surface area contributed by atoms with E-state index < -0.39 is 0 Å². The number of hydrogen-bond donors (Lipinski definition) is 1. The first-order valence-electron chi connectivity index (χ1n) is 8.79. The normalized spacial score (nSPS) is 13.1. The Morgan fingerprint density at radius 3 is 2.74 bits per heavy atom. The summed E-state index contributed by atoms with van der Waals surface area (Å²) in [7, 11) is 0. The highest BCUT2D eigenvalue weighted by Crippen LogP contribution is 2.38. The van der Waals surface area contributed by atoms with Gasteiger partial charge in [-0.25, -0.2) is 0 Å². The average Bonchev–Trinajstić information content (AvgIpc) is 3.22. The molecule has 2 aromatic heterocycles. The van der Waals surface area contributed by atoms with Crippen molar-refractivity contribution in [3.8, 4) is 17.4 Å². The molecule has 0 radical (unpaired) electrons. The number of thiophene rings is 1. The zero-order valence-electron chi connectivity index (χ0n) is 14.8. The molecule has 0 aliphatic heterocycles. The molecule has 0 saturated heterocycles. The third-order valence-corrected chi connectivity index (χ3v) is 6.26. The molecule has 3 aromatic rings. The van der Waals surface area contributed by atoms with Gasteiger partial charge in [0.2, 0.25) is 0 Å². The second-order valence-corrected chi connectivity index (χ2v) is 8.11. The Morgan fingerprint density at radius 2 is 2.00 bits per heavy atom. The average molecular weight is 397 g/mol. The fourth-order valence-corrected chi connectivity index (χ4v) is 4.77. The van der Waals surface area contributed by atoms with Crippen LogP contribution in [0, 0.1) is 18.3 Å². The van der Waals surface area contributed by atoms with Gasteiger partial charge in [-0.05, 0) is 68.5 Å². The molecule has 1 N–H and O–H groups in total. The molecule has 1 aromatic carbocycles. The number of rotatable bonds is 3. The van der Waals surface area contributed by atoms with Gasteiger partial charge in [-0.2, -0.15) is 5.26 Å². The number of hydrogen-bond acceptors (Lipinski definition) is 4. The maximum absolute atomic E-state index is 12.8. The Labute approximate surface area is 166 Å².